The van der Waals surface area contributed by atoms with Crippen LogP contribution in [0, 0.1) is 0 Å². The summed E-state index contributed by atoms with van der Waals surface area (Å²) in [7, 11) is 0. The minimum Gasteiger partial charge on any atom is -0.342 e. The molecule has 2 amide bonds. The Morgan fingerprint density at radius 2 is 2.14 bits per heavy atom. The van der Waals surface area contributed by atoms with E-state index in [-0.39, 0.29) is 28.6 Å². The highest BCUT2D eigenvalue weighted by Crippen LogP contribution is 2.27. The minimum absolute atomic E-state index is 0.0419. The third-order valence-corrected chi connectivity index (χ3v) is 5.23. The zero-order chi connectivity index (χ0) is 19.8. The number of nitrogens with zero attached hydrogens (tertiary/aromatic N) is 3. The largest absolute Gasteiger partial charge is 0.342 e. The second-order valence-electron chi connectivity index (χ2n) is 6.63. The number of hydrogen-bond donors (Lipinski definition) is 2. The number of carbonyl (C=O) groups excluding carboxylic acids is 2. The van der Waals surface area contributed by atoms with Gasteiger partial charge in [0, 0.05) is 37.7 Å². The van der Waals surface area contributed by atoms with Gasteiger partial charge in [-0.15, -0.1) is 0 Å². The summed E-state index contributed by atoms with van der Waals surface area (Å²) in [6.45, 7) is 3.05. The Morgan fingerprint density at radius 3 is 2.86 bits per heavy atom. The van der Waals surface area contributed by atoms with Gasteiger partial charge in [-0.1, -0.05) is 23.7 Å². The Hall–Kier alpha value is -3.13. The molecule has 0 unspecified atom stereocenters. The number of benzene rings is 1. The summed E-state index contributed by atoms with van der Waals surface area (Å²) < 4.78 is 1.21. The van der Waals surface area contributed by atoms with Crippen molar-refractivity contribution in [1.82, 2.24) is 19.5 Å². The third-order valence-electron chi connectivity index (χ3n) is 4.90. The first-order valence-electron chi connectivity index (χ1n) is 8.92. The second kappa shape index (κ2) is 7.12. The molecule has 1 aromatic carbocycles. The maximum Gasteiger partial charge on any atom is 0.272 e. The zero-order valence-corrected chi connectivity index (χ0v) is 15.9. The van der Waals surface area contributed by atoms with Crippen LogP contribution in [0.5, 0.6) is 0 Å². The Labute approximate surface area is 165 Å². The number of nitrogens with one attached hydrogen (secondary N) is 2. The quantitative estimate of drug-likeness (QED) is 0.702. The summed E-state index contributed by atoms with van der Waals surface area (Å²) in [5, 5.41) is 5.89. The number of aromatic nitrogens is 3. The van der Waals surface area contributed by atoms with E-state index in [4.69, 9.17) is 11.6 Å². The fraction of sp³-hybridized carbons (Fsp3) is 0.263. The average Bonchev–Trinajstić information content (AvgIpc) is 3.27. The Bertz CT molecular complexity index is 1140. The highest BCUT2D eigenvalue weighted by Gasteiger charge is 2.31. The van der Waals surface area contributed by atoms with E-state index in [9.17, 15) is 14.4 Å². The summed E-state index contributed by atoms with van der Waals surface area (Å²) in [6.07, 6.45) is 1.74. The Balaban J connectivity index is 1.70. The van der Waals surface area contributed by atoms with Crippen LogP contribution in [0.25, 0.3) is 5.65 Å². The van der Waals surface area contributed by atoms with Crippen LogP contribution in [-0.2, 0) is 4.79 Å². The van der Waals surface area contributed by atoms with Crippen molar-refractivity contribution in [3.8, 4) is 0 Å². The van der Waals surface area contributed by atoms with Crippen molar-refractivity contribution in [2.45, 2.75) is 19.3 Å². The number of amides is 2. The summed E-state index contributed by atoms with van der Waals surface area (Å²) in [5.41, 5.74) is 1.08. The number of aromatic amines is 1. The van der Waals surface area contributed by atoms with Crippen LogP contribution in [0.4, 0.5) is 5.69 Å². The molecule has 0 saturated carbocycles. The van der Waals surface area contributed by atoms with Gasteiger partial charge in [-0.2, -0.15) is 0 Å². The van der Waals surface area contributed by atoms with E-state index in [1.165, 1.54) is 16.8 Å². The van der Waals surface area contributed by atoms with Gasteiger partial charge in [-0.05, 0) is 19.1 Å². The van der Waals surface area contributed by atoms with E-state index < -0.39 is 5.91 Å². The highest BCUT2D eigenvalue weighted by molar-refractivity contribution is 6.34. The summed E-state index contributed by atoms with van der Waals surface area (Å²) in [4.78, 5) is 43.5. The summed E-state index contributed by atoms with van der Waals surface area (Å²) >= 11 is 6.10. The molecule has 1 aliphatic heterocycles. The van der Waals surface area contributed by atoms with Gasteiger partial charge in [-0.3, -0.25) is 19.5 Å². The van der Waals surface area contributed by atoms with Crippen LogP contribution in [0.1, 0.15) is 35.3 Å². The monoisotopic (exact) mass is 399 g/mol. The van der Waals surface area contributed by atoms with Crippen molar-refractivity contribution in [3.05, 3.63) is 63.2 Å². The fourth-order valence-corrected chi connectivity index (χ4v) is 3.59. The van der Waals surface area contributed by atoms with Crippen LogP contribution in [0.3, 0.4) is 0 Å². The van der Waals surface area contributed by atoms with Gasteiger partial charge in [0.2, 0.25) is 5.91 Å². The molecule has 0 bridgehead atoms. The molecular weight excluding hydrogens is 382 g/mol. The molecule has 1 aliphatic rings. The average molecular weight is 400 g/mol. The van der Waals surface area contributed by atoms with E-state index in [0.717, 1.165) is 0 Å². The first kappa shape index (κ1) is 18.2. The SMILES string of the molecule is CCN1C[C@@H](c2cc(=O)n3[nH]cc(C(=O)Nc4ccccc4Cl)c3n2)CC1=O. The number of carbonyl (C=O) groups is 2. The van der Waals surface area contributed by atoms with Crippen molar-refractivity contribution in [1.29, 1.82) is 0 Å². The predicted molar refractivity (Wildman–Crippen MR) is 105 cm³/mol. The molecule has 8 nitrogen and oxygen atoms in total. The van der Waals surface area contributed by atoms with Crippen LogP contribution in [0.2, 0.25) is 5.02 Å². The lowest BCUT2D eigenvalue weighted by Crippen LogP contribution is -2.24. The first-order chi connectivity index (χ1) is 13.5. The molecule has 0 spiro atoms. The van der Waals surface area contributed by atoms with Crippen LogP contribution in [0.15, 0.2) is 41.3 Å². The highest BCUT2D eigenvalue weighted by atomic mass is 35.5. The molecule has 0 radical (unpaired) electrons. The number of para-hydroxylation sites is 1. The minimum atomic E-state index is -0.436. The molecular formula is C19H18ClN5O3. The van der Waals surface area contributed by atoms with E-state index in [1.807, 2.05) is 6.92 Å². The van der Waals surface area contributed by atoms with Crippen molar-refractivity contribution in [2.24, 2.45) is 0 Å². The molecule has 1 saturated heterocycles. The van der Waals surface area contributed by atoms with Gasteiger partial charge < -0.3 is 10.2 Å². The molecule has 1 fully saturated rings. The van der Waals surface area contributed by atoms with E-state index in [1.54, 1.807) is 29.2 Å². The second-order valence-corrected chi connectivity index (χ2v) is 7.04. The smallest absolute Gasteiger partial charge is 0.272 e. The fourth-order valence-electron chi connectivity index (χ4n) is 3.40. The number of H-pyrrole nitrogens is 1. The first-order valence-corrected chi connectivity index (χ1v) is 9.30. The third kappa shape index (κ3) is 3.16. The Kier molecular flexibility index (Phi) is 4.64. The summed E-state index contributed by atoms with van der Waals surface area (Å²) in [5.74, 6) is -0.562. The predicted octanol–water partition coefficient (Wildman–Crippen LogP) is 2.26. The number of likely N-dealkylation sites (tertiary alicyclic amines) is 1. The van der Waals surface area contributed by atoms with Crippen molar-refractivity contribution >= 4 is 34.7 Å². The number of likely N-dealkylation sites (N-methyl/N-ethyl adjacent to an activating group) is 1. The lowest BCUT2D eigenvalue weighted by molar-refractivity contribution is -0.127. The molecule has 1 atom stereocenters. The van der Waals surface area contributed by atoms with Crippen LogP contribution < -0.4 is 10.9 Å². The van der Waals surface area contributed by atoms with Gasteiger partial charge in [0.05, 0.1) is 16.4 Å². The van der Waals surface area contributed by atoms with Crippen molar-refractivity contribution < 1.29 is 9.59 Å². The maximum absolute atomic E-state index is 12.7. The topological polar surface area (TPSA) is 99.6 Å². The number of anilines is 1. The van der Waals surface area contributed by atoms with Crippen LogP contribution in [-0.4, -0.2) is 44.4 Å². The molecule has 4 rings (SSSR count). The Morgan fingerprint density at radius 1 is 1.36 bits per heavy atom. The van der Waals surface area contributed by atoms with Gasteiger partial charge in [0.1, 0.15) is 5.56 Å². The van der Waals surface area contributed by atoms with Gasteiger partial charge in [0.15, 0.2) is 5.65 Å². The van der Waals surface area contributed by atoms with E-state index >= 15 is 0 Å². The molecule has 144 valence electrons. The van der Waals surface area contributed by atoms with E-state index in [0.29, 0.717) is 35.9 Å². The van der Waals surface area contributed by atoms with Gasteiger partial charge in [0.25, 0.3) is 11.5 Å². The van der Waals surface area contributed by atoms with Crippen LogP contribution >= 0.6 is 11.6 Å². The molecule has 2 N–H and O–H groups in total. The number of fused-ring (bicyclic) bond motifs is 1. The van der Waals surface area contributed by atoms with E-state index in [2.05, 4.69) is 15.4 Å². The normalized spacial score (nSPS) is 16.7. The standard InChI is InChI=1S/C19H18ClN5O3/c1-2-24-10-11(7-16(24)26)15-8-17(27)25-18(22-15)12(9-21-25)19(28)23-14-6-4-3-5-13(14)20/h3-6,8-9,11,21H,2,7,10H2,1H3,(H,23,28)/t11-/m0/s1. The zero-order valence-electron chi connectivity index (χ0n) is 15.1. The number of hydrogen-bond acceptors (Lipinski definition) is 4. The lowest BCUT2D eigenvalue weighted by Gasteiger charge is -2.13. The molecule has 3 heterocycles. The van der Waals surface area contributed by atoms with Crippen molar-refractivity contribution in [2.75, 3.05) is 18.4 Å². The maximum atomic E-state index is 12.7. The number of rotatable bonds is 4. The molecule has 9 heteroatoms. The molecule has 28 heavy (non-hydrogen) atoms. The number of halogens is 1. The molecule has 0 aliphatic carbocycles. The molecule has 3 aromatic rings. The summed E-state index contributed by atoms with van der Waals surface area (Å²) in [6, 6.07) is 8.29. The molecule has 2 aromatic heterocycles. The lowest BCUT2D eigenvalue weighted by atomic mass is 10.0. The van der Waals surface area contributed by atoms with Gasteiger partial charge in [-0.25, -0.2) is 9.50 Å². The van der Waals surface area contributed by atoms with Gasteiger partial charge >= 0.3 is 0 Å². The van der Waals surface area contributed by atoms with Crippen molar-refractivity contribution in [3.63, 3.8) is 0 Å².